The first-order chi connectivity index (χ1) is 8.38. The number of hydrogen-bond donors (Lipinski definition) is 1. The van der Waals surface area contributed by atoms with Crippen LogP contribution in [-0.4, -0.2) is 11.7 Å². The number of nitrogens with zero attached hydrogens (tertiary/aromatic N) is 1. The topological polar surface area (TPSA) is 41.5 Å². The Morgan fingerprint density at radius 2 is 1.94 bits per heavy atom. The average molecular weight is 263 g/mol. The molecule has 0 fully saturated rings. The Morgan fingerprint density at radius 3 is 2.50 bits per heavy atom. The minimum Gasteiger partial charge on any atom is -0.308 e. The molecule has 0 radical (unpaired) electrons. The smallest absolute Gasteiger partial charge is 0.275 e. The van der Waals surface area contributed by atoms with Crippen molar-refractivity contribution in [2.45, 2.75) is 20.8 Å². The second-order valence-corrected chi connectivity index (χ2v) is 5.62. The Morgan fingerprint density at radius 1 is 1.28 bits per heavy atom. The molecule has 1 aliphatic heterocycles. The third-order valence-electron chi connectivity index (χ3n) is 2.60. The van der Waals surface area contributed by atoms with Crippen LogP contribution in [-0.2, 0) is 4.79 Å². The first-order valence-corrected chi connectivity index (χ1v) is 6.12. The summed E-state index contributed by atoms with van der Waals surface area (Å²) in [6, 6.07) is 7.37. The molecule has 0 bridgehead atoms. The van der Waals surface area contributed by atoms with Gasteiger partial charge < -0.3 is 5.32 Å². The van der Waals surface area contributed by atoms with Gasteiger partial charge in [0.1, 0.15) is 11.5 Å². The number of hydrogen-bond acceptors (Lipinski definition) is 2. The van der Waals surface area contributed by atoms with Crippen LogP contribution in [0.1, 0.15) is 26.3 Å². The number of carbonyl (C=O) groups excluding carboxylic acids is 1. The molecule has 3 nitrogen and oxygen atoms in total. The van der Waals surface area contributed by atoms with Crippen molar-refractivity contribution in [3.8, 4) is 0 Å². The molecule has 94 valence electrons. The van der Waals surface area contributed by atoms with Gasteiger partial charge in [0, 0.05) is 10.4 Å². The SMILES string of the molecule is CC(C)(C)C1=N/C(=C\c2ccccc2Cl)C(=O)N1. The third-order valence-corrected chi connectivity index (χ3v) is 2.95. The lowest BCUT2D eigenvalue weighted by Crippen LogP contribution is -2.34. The summed E-state index contributed by atoms with van der Waals surface area (Å²) in [5.74, 6) is 0.505. The Balaban J connectivity index is 2.38. The first kappa shape index (κ1) is 12.8. The van der Waals surface area contributed by atoms with Crippen molar-refractivity contribution in [3.63, 3.8) is 0 Å². The highest BCUT2D eigenvalue weighted by atomic mass is 35.5. The molecule has 1 aromatic carbocycles. The van der Waals surface area contributed by atoms with Gasteiger partial charge in [-0.15, -0.1) is 0 Å². The van der Waals surface area contributed by atoms with E-state index in [1.165, 1.54) is 0 Å². The predicted octanol–water partition coefficient (Wildman–Crippen LogP) is 3.26. The molecule has 0 aliphatic carbocycles. The van der Waals surface area contributed by atoms with Gasteiger partial charge in [-0.3, -0.25) is 4.79 Å². The number of rotatable bonds is 1. The second-order valence-electron chi connectivity index (χ2n) is 5.22. The fraction of sp³-hybridized carbons (Fsp3) is 0.286. The number of nitrogens with one attached hydrogen (secondary N) is 1. The fourth-order valence-electron chi connectivity index (χ4n) is 1.56. The van der Waals surface area contributed by atoms with Crippen molar-refractivity contribution in [1.82, 2.24) is 5.32 Å². The van der Waals surface area contributed by atoms with Crippen molar-refractivity contribution in [3.05, 3.63) is 40.5 Å². The van der Waals surface area contributed by atoms with E-state index in [1.807, 2.05) is 39.0 Å². The fourth-order valence-corrected chi connectivity index (χ4v) is 1.75. The van der Waals surface area contributed by atoms with Gasteiger partial charge in [-0.05, 0) is 17.7 Å². The van der Waals surface area contributed by atoms with Gasteiger partial charge in [0.15, 0.2) is 0 Å². The lowest BCUT2D eigenvalue weighted by Gasteiger charge is -2.16. The van der Waals surface area contributed by atoms with E-state index < -0.39 is 0 Å². The largest absolute Gasteiger partial charge is 0.308 e. The van der Waals surface area contributed by atoms with Crippen LogP contribution in [0.5, 0.6) is 0 Å². The van der Waals surface area contributed by atoms with E-state index in [2.05, 4.69) is 10.3 Å². The number of benzene rings is 1. The summed E-state index contributed by atoms with van der Waals surface area (Å²) < 4.78 is 0. The summed E-state index contributed by atoms with van der Waals surface area (Å²) in [6.07, 6.45) is 1.70. The number of amidine groups is 1. The van der Waals surface area contributed by atoms with Crippen LogP contribution in [0.4, 0.5) is 0 Å². The van der Waals surface area contributed by atoms with E-state index in [9.17, 15) is 4.79 Å². The zero-order valence-corrected chi connectivity index (χ0v) is 11.4. The molecule has 1 aliphatic rings. The molecule has 0 unspecified atom stereocenters. The molecule has 0 spiro atoms. The Kier molecular flexibility index (Phi) is 3.26. The normalized spacial score (nSPS) is 17.9. The lowest BCUT2D eigenvalue weighted by atomic mass is 9.95. The van der Waals surface area contributed by atoms with Crippen LogP contribution < -0.4 is 5.32 Å². The van der Waals surface area contributed by atoms with Gasteiger partial charge >= 0.3 is 0 Å². The summed E-state index contributed by atoms with van der Waals surface area (Å²) in [7, 11) is 0. The summed E-state index contributed by atoms with van der Waals surface area (Å²) in [5.41, 5.74) is 1.02. The maximum Gasteiger partial charge on any atom is 0.275 e. The van der Waals surface area contributed by atoms with Gasteiger partial charge in [0.05, 0.1) is 0 Å². The maximum atomic E-state index is 11.8. The minimum atomic E-state index is -0.181. The molecular weight excluding hydrogens is 248 g/mol. The molecule has 18 heavy (non-hydrogen) atoms. The third kappa shape index (κ3) is 2.62. The molecule has 0 saturated carbocycles. The van der Waals surface area contributed by atoms with Crippen molar-refractivity contribution >= 4 is 29.4 Å². The van der Waals surface area contributed by atoms with Crippen LogP contribution in [0.15, 0.2) is 35.0 Å². The number of amides is 1. The molecule has 0 atom stereocenters. The van der Waals surface area contributed by atoms with Gasteiger partial charge in [-0.2, -0.15) is 0 Å². The number of carbonyl (C=O) groups is 1. The molecule has 4 heteroatoms. The Bertz CT molecular complexity index is 553. The van der Waals surface area contributed by atoms with E-state index >= 15 is 0 Å². The average Bonchev–Trinajstić information content (AvgIpc) is 2.63. The molecule has 0 saturated heterocycles. The zero-order chi connectivity index (χ0) is 13.3. The summed E-state index contributed by atoms with van der Waals surface area (Å²) >= 11 is 6.05. The van der Waals surface area contributed by atoms with E-state index in [4.69, 9.17) is 11.6 Å². The van der Waals surface area contributed by atoms with Crippen LogP contribution >= 0.6 is 11.6 Å². The van der Waals surface area contributed by atoms with E-state index in [1.54, 1.807) is 12.1 Å². The van der Waals surface area contributed by atoms with Crippen LogP contribution in [0.25, 0.3) is 6.08 Å². The lowest BCUT2D eigenvalue weighted by molar-refractivity contribution is -0.115. The van der Waals surface area contributed by atoms with Gasteiger partial charge in [-0.25, -0.2) is 4.99 Å². The predicted molar refractivity (Wildman–Crippen MR) is 74.5 cm³/mol. The maximum absolute atomic E-state index is 11.8. The van der Waals surface area contributed by atoms with Crippen molar-refractivity contribution in [2.24, 2.45) is 10.4 Å². The molecule has 2 rings (SSSR count). The van der Waals surface area contributed by atoms with E-state index in [-0.39, 0.29) is 11.3 Å². The van der Waals surface area contributed by atoms with Gasteiger partial charge in [0.25, 0.3) is 5.91 Å². The standard InChI is InChI=1S/C14H15ClN2O/c1-14(2,3)13-16-11(12(18)17-13)8-9-6-4-5-7-10(9)15/h4-8H,1-3H3,(H,16,17,18)/b11-8-. The second kappa shape index (κ2) is 4.58. The highest BCUT2D eigenvalue weighted by Crippen LogP contribution is 2.23. The minimum absolute atomic E-state index is 0.175. The van der Waals surface area contributed by atoms with Crippen molar-refractivity contribution in [1.29, 1.82) is 0 Å². The van der Waals surface area contributed by atoms with Crippen LogP contribution in [0.3, 0.4) is 0 Å². The Hall–Kier alpha value is -1.61. The summed E-state index contributed by atoms with van der Waals surface area (Å²) in [6.45, 7) is 6.01. The molecule has 1 aromatic rings. The van der Waals surface area contributed by atoms with E-state index in [0.29, 0.717) is 16.6 Å². The molecular formula is C14H15ClN2O. The highest BCUT2D eigenvalue weighted by Gasteiger charge is 2.28. The van der Waals surface area contributed by atoms with Gasteiger partial charge in [-0.1, -0.05) is 50.6 Å². The molecule has 1 N–H and O–H groups in total. The highest BCUT2D eigenvalue weighted by molar-refractivity contribution is 6.32. The van der Waals surface area contributed by atoms with Crippen molar-refractivity contribution < 1.29 is 4.79 Å². The molecule has 1 amide bonds. The van der Waals surface area contributed by atoms with Crippen LogP contribution in [0.2, 0.25) is 5.02 Å². The summed E-state index contributed by atoms with van der Waals surface area (Å²) in [4.78, 5) is 16.1. The zero-order valence-electron chi connectivity index (χ0n) is 10.6. The number of halogens is 1. The van der Waals surface area contributed by atoms with Crippen LogP contribution in [0, 0.1) is 5.41 Å². The molecule has 0 aromatic heterocycles. The first-order valence-electron chi connectivity index (χ1n) is 5.75. The number of aliphatic imine (C=N–C) groups is 1. The van der Waals surface area contributed by atoms with E-state index in [0.717, 1.165) is 5.56 Å². The Labute approximate surface area is 112 Å². The monoisotopic (exact) mass is 262 g/mol. The van der Waals surface area contributed by atoms with Gasteiger partial charge in [0.2, 0.25) is 0 Å². The quantitative estimate of drug-likeness (QED) is 0.776. The molecule has 1 heterocycles. The summed E-state index contributed by atoms with van der Waals surface area (Å²) in [5, 5.41) is 3.39. The van der Waals surface area contributed by atoms with Crippen molar-refractivity contribution in [2.75, 3.05) is 0 Å².